The van der Waals surface area contributed by atoms with Crippen molar-refractivity contribution in [1.82, 2.24) is 10.7 Å². The summed E-state index contributed by atoms with van der Waals surface area (Å²) in [6, 6.07) is 9.34. The maximum absolute atomic E-state index is 14.0. The van der Waals surface area contributed by atoms with Gasteiger partial charge in [0, 0.05) is 31.4 Å². The minimum atomic E-state index is -0.919. The van der Waals surface area contributed by atoms with Crippen LogP contribution in [0.4, 0.5) is 4.39 Å². The second kappa shape index (κ2) is 12.5. The Morgan fingerprint density at radius 2 is 1.94 bits per heavy atom. The second-order valence-electron chi connectivity index (χ2n) is 6.17. The lowest BCUT2D eigenvalue weighted by Crippen LogP contribution is -2.38. The van der Waals surface area contributed by atoms with Crippen molar-refractivity contribution in [2.24, 2.45) is 5.10 Å². The van der Waals surface area contributed by atoms with Crippen LogP contribution in [-0.4, -0.2) is 45.4 Å². The number of nitrogens with one attached hydrogen (secondary N) is 2. The summed E-state index contributed by atoms with van der Waals surface area (Å²) in [6.45, 7) is 0.621. The van der Waals surface area contributed by atoms with Gasteiger partial charge in [-0.05, 0) is 30.7 Å². The highest BCUT2D eigenvalue weighted by molar-refractivity contribution is 6.35. The highest BCUT2D eigenvalue weighted by Gasteiger charge is 2.14. The summed E-state index contributed by atoms with van der Waals surface area (Å²) >= 11 is 6.04. The molecular weight excluding hydrogens is 429 g/mol. The molecule has 0 saturated heterocycles. The van der Waals surface area contributed by atoms with Gasteiger partial charge < -0.3 is 19.5 Å². The van der Waals surface area contributed by atoms with E-state index in [0.29, 0.717) is 30.9 Å². The van der Waals surface area contributed by atoms with Gasteiger partial charge >= 0.3 is 11.8 Å². The van der Waals surface area contributed by atoms with Crippen molar-refractivity contribution in [3.05, 3.63) is 58.4 Å². The molecule has 0 bridgehead atoms. The third-order valence-corrected chi connectivity index (χ3v) is 4.39. The average molecular weight is 452 g/mol. The Bertz CT molecular complexity index is 919. The molecule has 8 nitrogen and oxygen atoms in total. The van der Waals surface area contributed by atoms with Crippen molar-refractivity contribution in [2.45, 2.75) is 13.0 Å². The van der Waals surface area contributed by atoms with Gasteiger partial charge in [-0.1, -0.05) is 23.7 Å². The number of nitrogens with zero attached hydrogens (tertiary/aromatic N) is 1. The monoisotopic (exact) mass is 451 g/mol. The molecule has 0 aliphatic carbocycles. The van der Waals surface area contributed by atoms with Gasteiger partial charge in [-0.2, -0.15) is 5.10 Å². The van der Waals surface area contributed by atoms with Crippen LogP contribution in [0.2, 0.25) is 5.02 Å². The fraction of sp³-hybridized carbons (Fsp3) is 0.286. The summed E-state index contributed by atoms with van der Waals surface area (Å²) in [5.41, 5.74) is 2.77. The topological polar surface area (TPSA) is 98.2 Å². The number of methoxy groups -OCH3 is 2. The van der Waals surface area contributed by atoms with Crippen molar-refractivity contribution in [2.75, 3.05) is 27.4 Å². The lowest BCUT2D eigenvalue weighted by molar-refractivity contribution is -0.139. The van der Waals surface area contributed by atoms with Crippen LogP contribution >= 0.6 is 11.6 Å². The fourth-order valence-corrected chi connectivity index (χ4v) is 2.69. The van der Waals surface area contributed by atoms with E-state index in [4.69, 9.17) is 25.8 Å². The summed E-state index contributed by atoms with van der Waals surface area (Å²) in [7, 11) is 3.00. The Morgan fingerprint density at radius 3 is 2.65 bits per heavy atom. The van der Waals surface area contributed by atoms with E-state index < -0.39 is 17.6 Å². The summed E-state index contributed by atoms with van der Waals surface area (Å²) < 4.78 is 29.9. The molecule has 0 fully saturated rings. The van der Waals surface area contributed by atoms with E-state index in [1.54, 1.807) is 31.4 Å². The van der Waals surface area contributed by atoms with Crippen LogP contribution in [0.25, 0.3) is 0 Å². The molecule has 0 heterocycles. The molecule has 0 unspecified atom stereocenters. The standard InChI is InChI=1S/C21H23ClFN3O5/c1-29-11-5-10-24-20(27)21(28)26-25-12-14-6-3-9-18(30-2)19(14)31-13-15-16(22)7-4-8-17(15)23/h3-4,6-9,12H,5,10-11,13H2,1-2H3,(H,24,27)(H,26,28)/b25-12-. The molecule has 31 heavy (non-hydrogen) atoms. The zero-order valence-corrected chi connectivity index (χ0v) is 17.9. The number of carbonyl (C=O) groups is 2. The van der Waals surface area contributed by atoms with Crippen molar-refractivity contribution >= 4 is 29.6 Å². The lowest BCUT2D eigenvalue weighted by Gasteiger charge is -2.14. The van der Waals surface area contributed by atoms with Crippen molar-refractivity contribution in [1.29, 1.82) is 0 Å². The zero-order valence-electron chi connectivity index (χ0n) is 17.1. The predicted octanol–water partition coefficient (Wildman–Crippen LogP) is 2.67. The smallest absolute Gasteiger partial charge is 0.329 e. The Hall–Kier alpha value is -3.17. The molecule has 2 N–H and O–H groups in total. The number of para-hydroxylation sites is 1. The first-order valence-electron chi connectivity index (χ1n) is 9.30. The van der Waals surface area contributed by atoms with Gasteiger partial charge in [0.15, 0.2) is 11.5 Å². The van der Waals surface area contributed by atoms with Crippen molar-refractivity contribution in [3.8, 4) is 11.5 Å². The fourth-order valence-electron chi connectivity index (χ4n) is 2.47. The lowest BCUT2D eigenvalue weighted by atomic mass is 10.2. The number of rotatable bonds is 10. The molecule has 166 valence electrons. The van der Waals surface area contributed by atoms with Crippen molar-refractivity contribution < 1.29 is 28.2 Å². The summed E-state index contributed by atoms with van der Waals surface area (Å²) in [5.74, 6) is -1.59. The van der Waals surface area contributed by atoms with E-state index in [9.17, 15) is 14.0 Å². The normalized spacial score (nSPS) is 10.7. The summed E-state index contributed by atoms with van der Waals surface area (Å²) in [5, 5.41) is 6.46. The number of carbonyl (C=O) groups excluding carboxylic acids is 2. The van der Waals surface area contributed by atoms with Crippen LogP contribution in [0.15, 0.2) is 41.5 Å². The van der Waals surface area contributed by atoms with Crippen LogP contribution in [0.3, 0.4) is 0 Å². The Morgan fingerprint density at radius 1 is 1.16 bits per heavy atom. The SMILES string of the molecule is COCCCNC(=O)C(=O)N/N=C\c1cccc(OC)c1OCc1c(F)cccc1Cl. The van der Waals surface area contributed by atoms with Crippen LogP contribution in [0.5, 0.6) is 11.5 Å². The largest absolute Gasteiger partial charge is 0.493 e. The molecule has 0 radical (unpaired) electrons. The molecular formula is C21H23ClFN3O5. The number of ether oxygens (including phenoxy) is 3. The maximum atomic E-state index is 14.0. The number of hydrogen-bond donors (Lipinski definition) is 2. The molecule has 2 amide bonds. The first kappa shape index (κ1) is 24.1. The van der Waals surface area contributed by atoms with Gasteiger partial charge in [0.05, 0.1) is 18.3 Å². The Kier molecular flexibility index (Phi) is 9.73. The van der Waals surface area contributed by atoms with E-state index in [1.807, 2.05) is 0 Å². The molecule has 2 aromatic carbocycles. The van der Waals surface area contributed by atoms with Gasteiger partial charge in [0.25, 0.3) is 0 Å². The average Bonchev–Trinajstić information content (AvgIpc) is 2.76. The predicted molar refractivity (Wildman–Crippen MR) is 114 cm³/mol. The molecule has 2 aromatic rings. The van der Waals surface area contributed by atoms with E-state index in [1.165, 1.54) is 25.5 Å². The number of halogens is 2. The van der Waals surface area contributed by atoms with Crippen LogP contribution in [0, 0.1) is 5.82 Å². The quantitative estimate of drug-likeness (QED) is 0.250. The van der Waals surface area contributed by atoms with E-state index >= 15 is 0 Å². The van der Waals surface area contributed by atoms with Gasteiger partial charge in [0.1, 0.15) is 12.4 Å². The molecule has 10 heteroatoms. The highest BCUT2D eigenvalue weighted by Crippen LogP contribution is 2.32. The third kappa shape index (κ3) is 7.23. The maximum Gasteiger partial charge on any atom is 0.329 e. The number of benzene rings is 2. The van der Waals surface area contributed by atoms with Crippen LogP contribution in [-0.2, 0) is 20.9 Å². The minimum Gasteiger partial charge on any atom is -0.493 e. The van der Waals surface area contributed by atoms with Crippen molar-refractivity contribution in [3.63, 3.8) is 0 Å². The van der Waals surface area contributed by atoms with Gasteiger partial charge in [0.2, 0.25) is 0 Å². The second-order valence-corrected chi connectivity index (χ2v) is 6.58. The minimum absolute atomic E-state index is 0.150. The third-order valence-electron chi connectivity index (χ3n) is 4.04. The van der Waals surface area contributed by atoms with E-state index in [-0.39, 0.29) is 22.9 Å². The summed E-state index contributed by atoms with van der Waals surface area (Å²) in [4.78, 5) is 23.5. The number of amides is 2. The van der Waals surface area contributed by atoms with Crippen LogP contribution < -0.4 is 20.2 Å². The summed E-state index contributed by atoms with van der Waals surface area (Å²) in [6.07, 6.45) is 1.87. The molecule has 0 aromatic heterocycles. The first-order valence-corrected chi connectivity index (χ1v) is 9.68. The first-order chi connectivity index (χ1) is 15.0. The molecule has 2 rings (SSSR count). The molecule has 0 aliphatic heterocycles. The van der Waals surface area contributed by atoms with Gasteiger partial charge in [-0.15, -0.1) is 0 Å². The zero-order chi connectivity index (χ0) is 22.6. The van der Waals surface area contributed by atoms with E-state index in [2.05, 4.69) is 15.8 Å². The molecule has 0 spiro atoms. The molecule has 0 aliphatic rings. The van der Waals surface area contributed by atoms with Gasteiger partial charge in [-0.25, -0.2) is 9.82 Å². The Balaban J connectivity index is 2.06. The number of hydrogen-bond acceptors (Lipinski definition) is 6. The molecule has 0 saturated carbocycles. The van der Waals surface area contributed by atoms with Gasteiger partial charge in [-0.3, -0.25) is 9.59 Å². The Labute approximate surface area is 184 Å². The molecule has 0 atom stereocenters. The number of hydrazone groups is 1. The highest BCUT2D eigenvalue weighted by atomic mass is 35.5. The van der Waals surface area contributed by atoms with E-state index in [0.717, 1.165) is 0 Å². The van der Waals surface area contributed by atoms with Crippen LogP contribution in [0.1, 0.15) is 17.5 Å².